The highest BCUT2D eigenvalue weighted by atomic mass is 127. The first-order valence-electron chi connectivity index (χ1n) is 10.8. The van der Waals surface area contributed by atoms with Crippen LogP contribution < -0.4 is 5.32 Å². The van der Waals surface area contributed by atoms with Crippen LogP contribution in [-0.2, 0) is 14.2 Å². The second-order valence-corrected chi connectivity index (χ2v) is 8.06. The number of hydrogen-bond donors (Lipinski definition) is 1. The number of aliphatic imine (C=N–C) groups is 1. The third-order valence-electron chi connectivity index (χ3n) is 5.82. The van der Waals surface area contributed by atoms with E-state index in [2.05, 4.69) is 35.9 Å². The topological polar surface area (TPSA) is 58.6 Å². The molecule has 3 aliphatic heterocycles. The monoisotopic (exact) mass is 510 g/mol. The van der Waals surface area contributed by atoms with E-state index in [-0.39, 0.29) is 36.2 Å². The molecular weight excluding hydrogens is 471 g/mol. The third-order valence-corrected chi connectivity index (χ3v) is 5.82. The summed E-state index contributed by atoms with van der Waals surface area (Å²) >= 11 is 0. The minimum atomic E-state index is 0. The van der Waals surface area contributed by atoms with Crippen LogP contribution in [0, 0.1) is 5.92 Å². The van der Waals surface area contributed by atoms with Gasteiger partial charge in [-0.2, -0.15) is 0 Å². The van der Waals surface area contributed by atoms with Crippen molar-refractivity contribution in [3.05, 3.63) is 0 Å². The van der Waals surface area contributed by atoms with Gasteiger partial charge in [0.2, 0.25) is 0 Å². The molecule has 3 fully saturated rings. The van der Waals surface area contributed by atoms with Crippen LogP contribution in [0.4, 0.5) is 0 Å². The fraction of sp³-hybridized carbons (Fsp3) is 0.950. The quantitative estimate of drug-likeness (QED) is 0.334. The Morgan fingerprint density at radius 2 is 1.82 bits per heavy atom. The molecule has 3 heterocycles. The van der Waals surface area contributed by atoms with Crippen LogP contribution >= 0.6 is 24.0 Å². The van der Waals surface area contributed by atoms with Gasteiger partial charge >= 0.3 is 0 Å². The van der Waals surface area contributed by atoms with Gasteiger partial charge in [0.1, 0.15) is 6.10 Å². The Balaban J connectivity index is 0.00000280. The largest absolute Gasteiger partial charge is 0.379 e. The Hall–Kier alpha value is -0.160. The Morgan fingerprint density at radius 3 is 2.46 bits per heavy atom. The minimum absolute atomic E-state index is 0. The van der Waals surface area contributed by atoms with Crippen molar-refractivity contribution in [1.82, 2.24) is 15.1 Å². The van der Waals surface area contributed by atoms with Crippen molar-refractivity contribution in [3.8, 4) is 0 Å². The molecule has 3 atom stereocenters. The van der Waals surface area contributed by atoms with Gasteiger partial charge < -0.3 is 24.4 Å². The van der Waals surface area contributed by atoms with Crippen LogP contribution in [0.15, 0.2) is 4.99 Å². The highest BCUT2D eigenvalue weighted by Gasteiger charge is 2.32. The molecule has 28 heavy (non-hydrogen) atoms. The lowest BCUT2D eigenvalue weighted by Gasteiger charge is -2.38. The summed E-state index contributed by atoms with van der Waals surface area (Å²) in [5.41, 5.74) is 0. The number of guanidine groups is 1. The maximum atomic E-state index is 6.01. The SMILES string of the molecule is CCNC(=NCC(C(C)C)N1CCOCC1)N1CCOC(C2CCCO2)C1.I. The van der Waals surface area contributed by atoms with E-state index in [9.17, 15) is 0 Å². The van der Waals surface area contributed by atoms with Gasteiger partial charge in [-0.05, 0) is 25.7 Å². The average molecular weight is 510 g/mol. The molecule has 0 aliphatic carbocycles. The molecule has 0 bridgehead atoms. The second-order valence-electron chi connectivity index (χ2n) is 8.06. The average Bonchev–Trinajstić information content (AvgIpc) is 3.23. The van der Waals surface area contributed by atoms with Crippen molar-refractivity contribution in [3.63, 3.8) is 0 Å². The van der Waals surface area contributed by atoms with E-state index < -0.39 is 0 Å². The van der Waals surface area contributed by atoms with E-state index in [0.29, 0.717) is 12.0 Å². The molecule has 164 valence electrons. The number of hydrogen-bond acceptors (Lipinski definition) is 5. The Kier molecular flexibility index (Phi) is 10.8. The Labute approximate surface area is 187 Å². The standard InChI is InChI=1S/C20H38N4O3.HI/c1-4-21-20(22-14-17(16(2)3)23-7-11-25-12-8-23)24-9-13-27-19(15-24)18-6-5-10-26-18;/h16-19H,4-15H2,1-3H3,(H,21,22);1H. The molecule has 0 spiro atoms. The lowest BCUT2D eigenvalue weighted by molar-refractivity contribution is -0.0817. The molecule has 3 rings (SSSR count). The van der Waals surface area contributed by atoms with Gasteiger partial charge in [0.25, 0.3) is 0 Å². The molecule has 8 heteroatoms. The van der Waals surface area contributed by atoms with Crippen LogP contribution in [0.2, 0.25) is 0 Å². The molecule has 0 radical (unpaired) electrons. The summed E-state index contributed by atoms with van der Waals surface area (Å²) in [6, 6.07) is 0.456. The molecule has 3 saturated heterocycles. The normalized spacial score (nSPS) is 28.3. The Bertz CT molecular complexity index is 468. The molecule has 0 aromatic carbocycles. The number of morpholine rings is 2. The van der Waals surface area contributed by atoms with Gasteiger partial charge in [-0.3, -0.25) is 9.89 Å². The number of rotatable bonds is 6. The third kappa shape index (κ3) is 6.68. The van der Waals surface area contributed by atoms with E-state index in [1.165, 1.54) is 0 Å². The van der Waals surface area contributed by atoms with Crippen molar-refractivity contribution in [2.45, 2.75) is 51.9 Å². The molecule has 0 aromatic rings. The van der Waals surface area contributed by atoms with E-state index >= 15 is 0 Å². The zero-order valence-corrected chi connectivity index (χ0v) is 20.1. The van der Waals surface area contributed by atoms with E-state index in [4.69, 9.17) is 19.2 Å². The molecule has 1 N–H and O–H groups in total. The van der Waals surface area contributed by atoms with E-state index in [1.54, 1.807) is 0 Å². The molecule has 0 saturated carbocycles. The molecule has 7 nitrogen and oxygen atoms in total. The molecule has 0 amide bonds. The van der Waals surface area contributed by atoms with Crippen LogP contribution in [0.3, 0.4) is 0 Å². The predicted molar refractivity (Wildman–Crippen MR) is 123 cm³/mol. The number of nitrogens with one attached hydrogen (secondary N) is 1. The van der Waals surface area contributed by atoms with Gasteiger partial charge in [0.15, 0.2) is 5.96 Å². The van der Waals surface area contributed by atoms with Crippen LogP contribution in [0.5, 0.6) is 0 Å². The second kappa shape index (κ2) is 12.5. The maximum absolute atomic E-state index is 6.01. The summed E-state index contributed by atoms with van der Waals surface area (Å²) in [5, 5.41) is 3.50. The first-order chi connectivity index (χ1) is 13.2. The summed E-state index contributed by atoms with van der Waals surface area (Å²) < 4.78 is 17.4. The Morgan fingerprint density at radius 1 is 1.07 bits per heavy atom. The van der Waals surface area contributed by atoms with Gasteiger partial charge in [0.05, 0.1) is 32.5 Å². The van der Waals surface area contributed by atoms with Crippen molar-refractivity contribution in [2.24, 2.45) is 10.9 Å². The van der Waals surface area contributed by atoms with Crippen molar-refractivity contribution < 1.29 is 14.2 Å². The lowest BCUT2D eigenvalue weighted by atomic mass is 10.0. The summed E-state index contributed by atoms with van der Waals surface area (Å²) in [4.78, 5) is 9.94. The fourth-order valence-electron chi connectivity index (χ4n) is 4.25. The summed E-state index contributed by atoms with van der Waals surface area (Å²) in [5.74, 6) is 1.58. The highest BCUT2D eigenvalue weighted by Crippen LogP contribution is 2.21. The van der Waals surface area contributed by atoms with E-state index in [1.807, 2.05) is 0 Å². The van der Waals surface area contributed by atoms with Crippen LogP contribution in [0.25, 0.3) is 0 Å². The van der Waals surface area contributed by atoms with Gasteiger partial charge in [-0.15, -0.1) is 24.0 Å². The fourth-order valence-corrected chi connectivity index (χ4v) is 4.25. The number of halogens is 1. The first kappa shape index (κ1) is 24.1. The van der Waals surface area contributed by atoms with Gasteiger partial charge in [0, 0.05) is 45.4 Å². The maximum Gasteiger partial charge on any atom is 0.194 e. The zero-order valence-electron chi connectivity index (χ0n) is 17.8. The summed E-state index contributed by atoms with van der Waals surface area (Å²) in [6.07, 6.45) is 2.66. The van der Waals surface area contributed by atoms with Crippen LogP contribution in [-0.4, -0.2) is 99.7 Å². The number of ether oxygens (including phenoxy) is 3. The number of nitrogens with zero attached hydrogens (tertiary/aromatic N) is 3. The minimum Gasteiger partial charge on any atom is -0.379 e. The molecule has 0 aromatic heterocycles. The molecular formula is C20H39IN4O3. The van der Waals surface area contributed by atoms with Crippen LogP contribution in [0.1, 0.15) is 33.6 Å². The smallest absolute Gasteiger partial charge is 0.194 e. The first-order valence-corrected chi connectivity index (χ1v) is 10.8. The van der Waals surface area contributed by atoms with E-state index in [0.717, 1.165) is 84.5 Å². The molecule has 3 unspecified atom stereocenters. The van der Waals surface area contributed by atoms with Crippen molar-refractivity contribution in [2.75, 3.05) is 65.7 Å². The predicted octanol–water partition coefficient (Wildman–Crippen LogP) is 1.81. The molecule has 3 aliphatic rings. The van der Waals surface area contributed by atoms with Crippen molar-refractivity contribution in [1.29, 1.82) is 0 Å². The van der Waals surface area contributed by atoms with Crippen molar-refractivity contribution >= 4 is 29.9 Å². The zero-order chi connectivity index (χ0) is 19.1. The lowest BCUT2D eigenvalue weighted by Crippen LogP contribution is -2.54. The van der Waals surface area contributed by atoms with Gasteiger partial charge in [-0.1, -0.05) is 13.8 Å². The summed E-state index contributed by atoms with van der Waals surface area (Å²) in [7, 11) is 0. The summed E-state index contributed by atoms with van der Waals surface area (Å²) in [6.45, 7) is 15.5. The highest BCUT2D eigenvalue weighted by molar-refractivity contribution is 14.0. The van der Waals surface area contributed by atoms with Gasteiger partial charge in [-0.25, -0.2) is 0 Å².